The van der Waals surface area contributed by atoms with Crippen LogP contribution in [0.15, 0.2) is 36.4 Å². The quantitative estimate of drug-likeness (QED) is 0.864. The zero-order chi connectivity index (χ0) is 14.0. The highest BCUT2D eigenvalue weighted by Crippen LogP contribution is 2.30. The molecule has 0 saturated carbocycles. The number of pyridine rings is 1. The van der Waals surface area contributed by atoms with Crippen LogP contribution in [0.1, 0.15) is 18.5 Å². The fourth-order valence-corrected chi connectivity index (χ4v) is 2.23. The van der Waals surface area contributed by atoms with E-state index in [4.69, 9.17) is 28.9 Å². The summed E-state index contributed by atoms with van der Waals surface area (Å²) in [4.78, 5) is 6.25. The molecule has 3 nitrogen and oxygen atoms in total. The maximum Gasteiger partial charge on any atom is 0.153 e. The standard InChI is InChI=1S/C14H15Cl2N3/c1-9(10-4-3-5-11(15)8-10)19(2)14-12(17)6-7-13(16)18-14/h3-9H,17H2,1-2H3. The van der Waals surface area contributed by atoms with Crippen molar-refractivity contribution in [3.8, 4) is 0 Å². The van der Waals surface area contributed by atoms with Gasteiger partial charge in [0.1, 0.15) is 5.15 Å². The summed E-state index contributed by atoms with van der Waals surface area (Å²) in [6.07, 6.45) is 0. The van der Waals surface area contributed by atoms with E-state index in [1.165, 1.54) is 0 Å². The Labute approximate surface area is 123 Å². The number of nitrogen functional groups attached to an aromatic ring is 1. The molecule has 0 radical (unpaired) electrons. The van der Waals surface area contributed by atoms with Crippen LogP contribution in [0.3, 0.4) is 0 Å². The molecule has 0 amide bonds. The number of rotatable bonds is 3. The van der Waals surface area contributed by atoms with E-state index in [0.717, 1.165) is 5.56 Å². The number of hydrogen-bond donors (Lipinski definition) is 1. The van der Waals surface area contributed by atoms with Crippen molar-refractivity contribution in [2.24, 2.45) is 0 Å². The second-order valence-electron chi connectivity index (χ2n) is 4.39. The van der Waals surface area contributed by atoms with Gasteiger partial charge < -0.3 is 10.6 Å². The minimum Gasteiger partial charge on any atom is -0.396 e. The summed E-state index contributed by atoms with van der Waals surface area (Å²) in [7, 11) is 1.93. The van der Waals surface area contributed by atoms with Gasteiger partial charge in [-0.25, -0.2) is 4.98 Å². The maximum absolute atomic E-state index is 6.02. The molecule has 1 heterocycles. The highest BCUT2D eigenvalue weighted by molar-refractivity contribution is 6.30. The summed E-state index contributed by atoms with van der Waals surface area (Å²) < 4.78 is 0. The first-order chi connectivity index (χ1) is 8.99. The summed E-state index contributed by atoms with van der Waals surface area (Å²) >= 11 is 11.9. The van der Waals surface area contributed by atoms with E-state index in [1.807, 2.05) is 36.2 Å². The second-order valence-corrected chi connectivity index (χ2v) is 5.21. The van der Waals surface area contributed by atoms with Gasteiger partial charge in [0.2, 0.25) is 0 Å². The molecule has 0 aliphatic carbocycles. The van der Waals surface area contributed by atoms with Gasteiger partial charge in [0, 0.05) is 12.1 Å². The lowest BCUT2D eigenvalue weighted by atomic mass is 10.1. The van der Waals surface area contributed by atoms with Gasteiger partial charge in [0.15, 0.2) is 5.82 Å². The third-order valence-electron chi connectivity index (χ3n) is 3.12. The first-order valence-corrected chi connectivity index (χ1v) is 6.65. The Kier molecular flexibility index (Phi) is 4.17. The molecule has 1 aromatic carbocycles. The number of benzene rings is 1. The van der Waals surface area contributed by atoms with Gasteiger partial charge in [-0.15, -0.1) is 0 Å². The average molecular weight is 296 g/mol. The van der Waals surface area contributed by atoms with Crippen molar-refractivity contribution in [2.75, 3.05) is 17.7 Å². The van der Waals surface area contributed by atoms with E-state index >= 15 is 0 Å². The van der Waals surface area contributed by atoms with Crippen LogP contribution < -0.4 is 10.6 Å². The molecule has 0 spiro atoms. The van der Waals surface area contributed by atoms with Crippen molar-refractivity contribution in [3.63, 3.8) is 0 Å². The van der Waals surface area contributed by atoms with E-state index in [2.05, 4.69) is 11.9 Å². The van der Waals surface area contributed by atoms with Gasteiger partial charge in [0.25, 0.3) is 0 Å². The summed E-state index contributed by atoms with van der Waals surface area (Å²) in [5.41, 5.74) is 7.64. The number of anilines is 2. The molecular formula is C14H15Cl2N3. The minimum absolute atomic E-state index is 0.0898. The largest absolute Gasteiger partial charge is 0.396 e. The van der Waals surface area contributed by atoms with E-state index < -0.39 is 0 Å². The van der Waals surface area contributed by atoms with Gasteiger partial charge in [-0.05, 0) is 36.8 Å². The Balaban J connectivity index is 2.33. The average Bonchev–Trinajstić information content (AvgIpc) is 2.40. The van der Waals surface area contributed by atoms with Crippen LogP contribution in [0.5, 0.6) is 0 Å². The number of nitrogens with zero attached hydrogens (tertiary/aromatic N) is 2. The molecule has 2 N–H and O–H groups in total. The number of nitrogens with two attached hydrogens (primary N) is 1. The van der Waals surface area contributed by atoms with Crippen molar-refractivity contribution in [1.29, 1.82) is 0 Å². The smallest absolute Gasteiger partial charge is 0.153 e. The molecule has 0 aliphatic heterocycles. The van der Waals surface area contributed by atoms with Crippen LogP contribution in [0.4, 0.5) is 11.5 Å². The van der Waals surface area contributed by atoms with Crippen molar-refractivity contribution < 1.29 is 0 Å². The molecule has 1 atom stereocenters. The fraction of sp³-hybridized carbons (Fsp3) is 0.214. The Morgan fingerprint density at radius 3 is 2.63 bits per heavy atom. The summed E-state index contributed by atoms with van der Waals surface area (Å²) in [5, 5.41) is 1.14. The molecular weight excluding hydrogens is 281 g/mol. The fourth-order valence-electron chi connectivity index (χ4n) is 1.89. The van der Waals surface area contributed by atoms with Crippen molar-refractivity contribution >= 4 is 34.7 Å². The highest BCUT2D eigenvalue weighted by Gasteiger charge is 2.16. The van der Waals surface area contributed by atoms with Crippen LogP contribution in [0, 0.1) is 0 Å². The zero-order valence-electron chi connectivity index (χ0n) is 10.8. The van der Waals surface area contributed by atoms with Crippen molar-refractivity contribution in [2.45, 2.75) is 13.0 Å². The molecule has 0 fully saturated rings. The molecule has 0 bridgehead atoms. The molecule has 19 heavy (non-hydrogen) atoms. The first-order valence-electron chi connectivity index (χ1n) is 5.89. The van der Waals surface area contributed by atoms with Crippen molar-refractivity contribution in [1.82, 2.24) is 4.98 Å². The van der Waals surface area contributed by atoms with Gasteiger partial charge in [0.05, 0.1) is 11.7 Å². The second kappa shape index (κ2) is 5.68. The van der Waals surface area contributed by atoms with Gasteiger partial charge in [-0.3, -0.25) is 0 Å². The molecule has 0 saturated heterocycles. The Morgan fingerprint density at radius 2 is 1.95 bits per heavy atom. The molecule has 5 heteroatoms. The van der Waals surface area contributed by atoms with Gasteiger partial charge >= 0.3 is 0 Å². The Hall–Kier alpha value is -1.45. The normalized spacial score (nSPS) is 12.2. The predicted octanol–water partition coefficient (Wildman–Crippen LogP) is 4.17. The molecule has 0 aliphatic rings. The SMILES string of the molecule is CC(c1cccc(Cl)c1)N(C)c1nc(Cl)ccc1N. The number of halogens is 2. The third-order valence-corrected chi connectivity index (χ3v) is 3.56. The highest BCUT2D eigenvalue weighted by atomic mass is 35.5. The molecule has 1 aromatic heterocycles. The van der Waals surface area contributed by atoms with Gasteiger partial charge in [-0.1, -0.05) is 35.3 Å². The van der Waals surface area contributed by atoms with Crippen LogP contribution in [-0.4, -0.2) is 12.0 Å². The lowest BCUT2D eigenvalue weighted by molar-refractivity contribution is 0.730. The first kappa shape index (κ1) is 14.0. The lowest BCUT2D eigenvalue weighted by Gasteiger charge is -2.27. The molecule has 2 aromatic rings. The van der Waals surface area contributed by atoms with E-state index in [-0.39, 0.29) is 6.04 Å². The molecule has 1 unspecified atom stereocenters. The Bertz CT molecular complexity index is 587. The monoisotopic (exact) mass is 295 g/mol. The third kappa shape index (κ3) is 3.11. The Morgan fingerprint density at radius 1 is 1.21 bits per heavy atom. The summed E-state index contributed by atoms with van der Waals surface area (Å²) in [5.74, 6) is 0.667. The maximum atomic E-state index is 6.02. The van der Waals surface area contributed by atoms with Crippen LogP contribution in [-0.2, 0) is 0 Å². The van der Waals surface area contributed by atoms with Crippen LogP contribution in [0.2, 0.25) is 10.2 Å². The van der Waals surface area contributed by atoms with Crippen molar-refractivity contribution in [3.05, 3.63) is 52.1 Å². The minimum atomic E-state index is 0.0898. The number of hydrogen-bond acceptors (Lipinski definition) is 3. The molecule has 2 rings (SSSR count). The van der Waals surface area contributed by atoms with E-state index in [1.54, 1.807) is 12.1 Å². The van der Waals surface area contributed by atoms with Crippen LogP contribution in [0.25, 0.3) is 0 Å². The van der Waals surface area contributed by atoms with E-state index in [0.29, 0.717) is 21.7 Å². The van der Waals surface area contributed by atoms with Gasteiger partial charge in [-0.2, -0.15) is 0 Å². The summed E-state index contributed by atoms with van der Waals surface area (Å²) in [6.45, 7) is 2.06. The van der Waals surface area contributed by atoms with Crippen LogP contribution >= 0.6 is 23.2 Å². The van der Waals surface area contributed by atoms with E-state index in [9.17, 15) is 0 Å². The number of aromatic nitrogens is 1. The summed E-state index contributed by atoms with van der Waals surface area (Å²) in [6, 6.07) is 11.3. The lowest BCUT2D eigenvalue weighted by Crippen LogP contribution is -2.23. The predicted molar refractivity (Wildman–Crippen MR) is 81.9 cm³/mol. The zero-order valence-corrected chi connectivity index (χ0v) is 12.3. The molecule has 100 valence electrons. The topological polar surface area (TPSA) is 42.2 Å².